The Morgan fingerprint density at radius 3 is 2.24 bits per heavy atom. The fourth-order valence-electron chi connectivity index (χ4n) is 2.04. The van der Waals surface area contributed by atoms with Crippen molar-refractivity contribution in [1.29, 1.82) is 0 Å². The summed E-state index contributed by atoms with van der Waals surface area (Å²) in [5.74, 6) is -0.432. The molecule has 0 radical (unpaired) electrons. The molecule has 0 rings (SSSR count). The molecule has 0 amide bonds. The van der Waals surface area contributed by atoms with E-state index in [9.17, 15) is 9.90 Å². The van der Waals surface area contributed by atoms with Crippen molar-refractivity contribution in [3.8, 4) is 0 Å². The van der Waals surface area contributed by atoms with Crippen LogP contribution in [0, 0.1) is 5.41 Å². The Bertz CT molecular complexity index is 292. The zero-order chi connectivity index (χ0) is 16.5. The van der Waals surface area contributed by atoms with E-state index in [1.54, 1.807) is 20.8 Å². The highest BCUT2D eigenvalue weighted by Crippen LogP contribution is 2.22. The van der Waals surface area contributed by atoms with Gasteiger partial charge in [-0.05, 0) is 44.1 Å². The molecule has 0 bridgehead atoms. The topological polar surface area (TPSA) is 65.0 Å². The number of carbonyl (C=O) groups is 1. The number of carbonyl (C=O) groups excluding carboxylic acids is 1. The average molecular weight is 304 g/mol. The molecule has 0 fully saturated rings. The molecule has 0 aromatic heterocycles. The molecular formula is C16H32O5. The second kappa shape index (κ2) is 9.38. The molecule has 0 aromatic rings. The smallest absolute Gasteiger partial charge is 0.345 e. The monoisotopic (exact) mass is 304 g/mol. The first-order chi connectivity index (χ1) is 9.52. The summed E-state index contributed by atoms with van der Waals surface area (Å²) in [7, 11) is 0. The van der Waals surface area contributed by atoms with Gasteiger partial charge in [-0.1, -0.05) is 33.6 Å². The van der Waals surface area contributed by atoms with Gasteiger partial charge in [0.25, 0.3) is 0 Å². The minimum Gasteiger partial charge on any atom is -0.393 e. The standard InChI is InChI=1S/C16H32O5/c1-13(17)12-16(5,6)20-21-19-14(18)10-8-7-9-11-15(2,3)4/h13,17H,7-12H2,1-6H3. The van der Waals surface area contributed by atoms with Crippen molar-refractivity contribution in [2.75, 3.05) is 0 Å². The molecule has 5 heteroatoms. The van der Waals surface area contributed by atoms with Crippen molar-refractivity contribution >= 4 is 5.97 Å². The molecular weight excluding hydrogens is 272 g/mol. The summed E-state index contributed by atoms with van der Waals surface area (Å²) in [5, 5.41) is 13.8. The van der Waals surface area contributed by atoms with Crippen molar-refractivity contribution in [2.24, 2.45) is 5.41 Å². The third-order valence-electron chi connectivity index (χ3n) is 2.98. The van der Waals surface area contributed by atoms with E-state index < -0.39 is 17.7 Å². The second-order valence-electron chi connectivity index (χ2n) is 7.54. The van der Waals surface area contributed by atoms with Crippen molar-refractivity contribution in [3.05, 3.63) is 0 Å². The number of aliphatic hydroxyl groups excluding tert-OH is 1. The normalized spacial score (nSPS) is 14.0. The van der Waals surface area contributed by atoms with Gasteiger partial charge in [0, 0.05) is 12.8 Å². The Hall–Kier alpha value is -0.650. The first kappa shape index (κ1) is 20.3. The first-order valence-corrected chi connectivity index (χ1v) is 7.75. The van der Waals surface area contributed by atoms with Gasteiger partial charge in [0.1, 0.15) is 5.60 Å². The van der Waals surface area contributed by atoms with E-state index in [0.717, 1.165) is 25.7 Å². The molecule has 1 atom stereocenters. The quantitative estimate of drug-likeness (QED) is 0.376. The summed E-state index contributed by atoms with van der Waals surface area (Å²) in [6, 6.07) is 0. The lowest BCUT2D eigenvalue weighted by Crippen LogP contribution is -2.29. The third kappa shape index (κ3) is 14.1. The lowest BCUT2D eigenvalue weighted by molar-refractivity contribution is -0.518. The SMILES string of the molecule is CC(O)CC(C)(C)OOOC(=O)CCCCCC(C)(C)C. The molecule has 0 aliphatic carbocycles. The molecule has 0 saturated carbocycles. The van der Waals surface area contributed by atoms with Gasteiger partial charge in [0.2, 0.25) is 0 Å². The zero-order valence-electron chi connectivity index (χ0n) is 14.4. The highest BCUT2D eigenvalue weighted by atomic mass is 17.5. The van der Waals surface area contributed by atoms with Crippen molar-refractivity contribution in [2.45, 2.75) is 91.8 Å². The number of unbranched alkanes of at least 4 members (excludes halogenated alkanes) is 2. The maximum absolute atomic E-state index is 11.4. The predicted molar refractivity (Wildman–Crippen MR) is 81.2 cm³/mol. The van der Waals surface area contributed by atoms with Gasteiger partial charge < -0.3 is 5.11 Å². The number of rotatable bonds is 10. The number of aliphatic hydroxyl groups is 1. The molecule has 0 heterocycles. The number of hydrogen-bond acceptors (Lipinski definition) is 5. The number of hydrogen-bond donors (Lipinski definition) is 1. The molecule has 5 nitrogen and oxygen atoms in total. The third-order valence-corrected chi connectivity index (χ3v) is 2.98. The summed E-state index contributed by atoms with van der Waals surface area (Å²) >= 11 is 0. The van der Waals surface area contributed by atoms with Gasteiger partial charge in [-0.25, -0.2) is 4.79 Å². The van der Waals surface area contributed by atoms with E-state index in [-0.39, 0.29) is 0 Å². The van der Waals surface area contributed by atoms with E-state index in [4.69, 9.17) is 4.89 Å². The maximum Gasteiger partial charge on any atom is 0.345 e. The fourth-order valence-corrected chi connectivity index (χ4v) is 2.04. The molecule has 21 heavy (non-hydrogen) atoms. The molecule has 1 unspecified atom stereocenters. The van der Waals surface area contributed by atoms with Crippen LogP contribution < -0.4 is 0 Å². The van der Waals surface area contributed by atoms with Crippen LogP contribution in [0.15, 0.2) is 0 Å². The van der Waals surface area contributed by atoms with Gasteiger partial charge in [0.15, 0.2) is 0 Å². The van der Waals surface area contributed by atoms with Crippen LogP contribution in [0.2, 0.25) is 0 Å². The average Bonchev–Trinajstić information content (AvgIpc) is 2.24. The van der Waals surface area contributed by atoms with Crippen molar-refractivity contribution < 1.29 is 24.7 Å². The predicted octanol–water partition coefficient (Wildman–Crippen LogP) is 3.94. The van der Waals surface area contributed by atoms with E-state index in [0.29, 0.717) is 18.3 Å². The van der Waals surface area contributed by atoms with Crippen LogP contribution in [0.25, 0.3) is 0 Å². The summed E-state index contributed by atoms with van der Waals surface area (Å²) < 4.78 is 0. The van der Waals surface area contributed by atoms with Gasteiger partial charge in [-0.2, -0.15) is 4.89 Å². The molecule has 0 aliphatic heterocycles. The summed E-state index contributed by atoms with van der Waals surface area (Å²) in [4.78, 5) is 21.0. The molecule has 0 aliphatic rings. The van der Waals surface area contributed by atoms with Crippen LogP contribution in [-0.4, -0.2) is 22.8 Å². The fraction of sp³-hybridized carbons (Fsp3) is 0.938. The summed E-state index contributed by atoms with van der Waals surface area (Å²) in [6.45, 7) is 11.8. The van der Waals surface area contributed by atoms with Crippen LogP contribution in [0.5, 0.6) is 0 Å². The van der Waals surface area contributed by atoms with Crippen LogP contribution in [-0.2, 0) is 19.6 Å². The molecule has 0 aromatic carbocycles. The van der Waals surface area contributed by atoms with E-state index in [1.165, 1.54) is 0 Å². The zero-order valence-corrected chi connectivity index (χ0v) is 14.4. The van der Waals surface area contributed by atoms with Crippen LogP contribution in [0.3, 0.4) is 0 Å². The Kier molecular flexibility index (Phi) is 9.09. The van der Waals surface area contributed by atoms with E-state index in [1.807, 2.05) is 0 Å². The van der Waals surface area contributed by atoms with E-state index in [2.05, 4.69) is 30.7 Å². The van der Waals surface area contributed by atoms with Crippen LogP contribution in [0.1, 0.15) is 80.1 Å². The van der Waals surface area contributed by atoms with Gasteiger partial charge in [0.05, 0.1) is 6.10 Å². The van der Waals surface area contributed by atoms with Crippen molar-refractivity contribution in [1.82, 2.24) is 0 Å². The van der Waals surface area contributed by atoms with E-state index >= 15 is 0 Å². The Morgan fingerprint density at radius 1 is 1.10 bits per heavy atom. The minimum atomic E-state index is -0.707. The molecule has 1 N–H and O–H groups in total. The van der Waals surface area contributed by atoms with Crippen molar-refractivity contribution in [3.63, 3.8) is 0 Å². The highest BCUT2D eigenvalue weighted by Gasteiger charge is 2.23. The second-order valence-corrected chi connectivity index (χ2v) is 7.54. The highest BCUT2D eigenvalue weighted by molar-refractivity contribution is 5.68. The van der Waals surface area contributed by atoms with Gasteiger partial charge in [-0.3, -0.25) is 4.89 Å². The molecule has 0 saturated heterocycles. The van der Waals surface area contributed by atoms with Gasteiger partial charge in [-0.15, -0.1) is 0 Å². The Labute approximate surface area is 128 Å². The maximum atomic E-state index is 11.4. The first-order valence-electron chi connectivity index (χ1n) is 7.75. The lowest BCUT2D eigenvalue weighted by atomic mass is 9.89. The summed E-state index contributed by atoms with van der Waals surface area (Å²) in [5.41, 5.74) is -0.367. The molecule has 0 spiro atoms. The molecule has 126 valence electrons. The van der Waals surface area contributed by atoms with Crippen LogP contribution in [0.4, 0.5) is 0 Å². The van der Waals surface area contributed by atoms with Gasteiger partial charge >= 0.3 is 5.97 Å². The Balaban J connectivity index is 3.63. The summed E-state index contributed by atoms with van der Waals surface area (Å²) in [6.07, 6.45) is 4.24. The minimum absolute atomic E-state index is 0.324. The largest absolute Gasteiger partial charge is 0.393 e. The Morgan fingerprint density at radius 2 is 1.71 bits per heavy atom. The van der Waals surface area contributed by atoms with Crippen LogP contribution >= 0.6 is 0 Å². The lowest BCUT2D eigenvalue weighted by Gasteiger charge is -2.23.